The Morgan fingerprint density at radius 1 is 0.592 bits per heavy atom. The van der Waals surface area contributed by atoms with Crippen molar-refractivity contribution in [2.45, 2.75) is 45.4 Å². The number of fused-ring (bicyclic) bond motifs is 1. The van der Waals surface area contributed by atoms with Gasteiger partial charge in [-0.05, 0) is 76.2 Å². The SMILES string of the molecule is Cc1cc(F)c(C#Cc2ccc(-c3ccc4cc(C(F)(F)Oc5cc(F)c(C#CC(F)(F)F)c(F)c5)ccc4c3)c(F)c2)c(C(C)(C)C)c1. The Balaban J connectivity index is 1.38. The van der Waals surface area contributed by atoms with Crippen LogP contribution in [0.15, 0.2) is 78.9 Å². The molecule has 0 aliphatic rings. The van der Waals surface area contributed by atoms with Crippen LogP contribution in [0.25, 0.3) is 21.9 Å². The van der Waals surface area contributed by atoms with E-state index in [-0.39, 0.29) is 16.5 Å². The summed E-state index contributed by atoms with van der Waals surface area (Å²) in [5.74, 6) is 2.41. The summed E-state index contributed by atoms with van der Waals surface area (Å²) in [7, 11) is 0. The van der Waals surface area contributed by atoms with Gasteiger partial charge in [0.15, 0.2) is 0 Å². The Morgan fingerprint density at radius 3 is 1.86 bits per heavy atom. The van der Waals surface area contributed by atoms with Gasteiger partial charge in [0.25, 0.3) is 0 Å². The Kier molecular flexibility index (Phi) is 9.23. The lowest BCUT2D eigenvalue weighted by Crippen LogP contribution is -2.22. The number of hydrogen-bond donors (Lipinski definition) is 0. The van der Waals surface area contributed by atoms with E-state index in [1.54, 1.807) is 19.1 Å². The van der Waals surface area contributed by atoms with E-state index in [1.807, 2.05) is 26.8 Å². The number of ether oxygens (including phenoxy) is 1. The third-order valence-corrected chi connectivity index (χ3v) is 7.42. The van der Waals surface area contributed by atoms with Crippen LogP contribution in [-0.4, -0.2) is 6.18 Å². The highest BCUT2D eigenvalue weighted by atomic mass is 19.4. The molecule has 0 N–H and O–H groups in total. The smallest absolute Gasteiger partial charge is 0.429 e. The number of rotatable bonds is 4. The molecule has 0 radical (unpaired) electrons. The molecule has 1 nitrogen and oxygen atoms in total. The van der Waals surface area contributed by atoms with E-state index < -0.39 is 52.4 Å². The van der Waals surface area contributed by atoms with Crippen molar-refractivity contribution >= 4 is 10.8 Å². The maximum atomic E-state index is 15.3. The molecule has 0 atom stereocenters. The minimum absolute atomic E-state index is 0.203. The first-order chi connectivity index (χ1) is 22.8. The molecule has 5 aromatic rings. The fourth-order valence-electron chi connectivity index (χ4n) is 5.09. The van der Waals surface area contributed by atoms with Crippen molar-refractivity contribution < 1.29 is 44.3 Å². The van der Waals surface area contributed by atoms with Crippen molar-refractivity contribution in [1.29, 1.82) is 0 Å². The predicted molar refractivity (Wildman–Crippen MR) is 169 cm³/mol. The molecular weight excluding hydrogens is 655 g/mol. The van der Waals surface area contributed by atoms with Crippen molar-refractivity contribution in [2.24, 2.45) is 0 Å². The predicted octanol–water partition coefficient (Wildman–Crippen LogP) is 11.1. The van der Waals surface area contributed by atoms with E-state index in [4.69, 9.17) is 0 Å². The summed E-state index contributed by atoms with van der Waals surface area (Å²) in [6.45, 7) is 7.63. The Morgan fingerprint density at radius 2 is 1.22 bits per heavy atom. The maximum Gasteiger partial charge on any atom is 0.458 e. The summed E-state index contributed by atoms with van der Waals surface area (Å²) in [4.78, 5) is 0. The van der Waals surface area contributed by atoms with Gasteiger partial charge in [-0.3, -0.25) is 0 Å². The lowest BCUT2D eigenvalue weighted by molar-refractivity contribution is -0.185. The first kappa shape index (κ1) is 35.0. The van der Waals surface area contributed by atoms with Crippen molar-refractivity contribution in [2.75, 3.05) is 0 Å². The molecule has 0 amide bonds. The second-order valence-corrected chi connectivity index (χ2v) is 12.3. The van der Waals surface area contributed by atoms with Crippen molar-refractivity contribution in [3.8, 4) is 40.6 Å². The van der Waals surface area contributed by atoms with Crippen molar-refractivity contribution in [3.63, 3.8) is 0 Å². The standard InChI is InChI=1S/C39H25F9O/c1-22-15-32(37(2,3)4)30(33(40)16-22)12-6-23-5-11-29(34(41)17-23)26-8-7-25-19-27(10-9-24(25)18-26)39(47,48)49-28-20-35(42)31(36(43)21-28)13-14-38(44,45)46/h5,7-11,15-21H,1-4H3. The van der Waals surface area contributed by atoms with Gasteiger partial charge in [-0.1, -0.05) is 68.9 Å². The van der Waals surface area contributed by atoms with Gasteiger partial charge in [-0.2, -0.15) is 22.0 Å². The van der Waals surface area contributed by atoms with Gasteiger partial charge in [-0.25, -0.2) is 17.6 Å². The Bertz CT molecular complexity index is 2200. The van der Waals surface area contributed by atoms with Gasteiger partial charge >= 0.3 is 12.3 Å². The van der Waals surface area contributed by atoms with E-state index in [9.17, 15) is 26.3 Å². The second-order valence-electron chi connectivity index (χ2n) is 12.3. The first-order valence-electron chi connectivity index (χ1n) is 14.6. The van der Waals surface area contributed by atoms with Crippen LogP contribution in [0.5, 0.6) is 5.75 Å². The van der Waals surface area contributed by atoms with Crippen LogP contribution in [0.1, 0.15) is 54.2 Å². The summed E-state index contributed by atoms with van der Waals surface area (Å²) in [5, 5.41) is 0.756. The van der Waals surface area contributed by atoms with Crippen LogP contribution in [0, 0.1) is 53.9 Å². The van der Waals surface area contributed by atoms with E-state index >= 15 is 13.2 Å². The lowest BCUT2D eigenvalue weighted by Gasteiger charge is -2.22. The second kappa shape index (κ2) is 12.9. The molecule has 0 bridgehead atoms. The average molecular weight is 681 g/mol. The normalized spacial score (nSPS) is 11.9. The third-order valence-electron chi connectivity index (χ3n) is 7.42. The Labute approximate surface area is 276 Å². The molecule has 0 spiro atoms. The van der Waals surface area contributed by atoms with Gasteiger partial charge in [0.2, 0.25) is 0 Å². The van der Waals surface area contributed by atoms with Crippen LogP contribution in [0.4, 0.5) is 39.5 Å². The van der Waals surface area contributed by atoms with Crippen molar-refractivity contribution in [3.05, 3.63) is 136 Å². The van der Waals surface area contributed by atoms with E-state index in [2.05, 4.69) is 16.6 Å². The highest BCUT2D eigenvalue weighted by Gasteiger charge is 2.35. The molecule has 250 valence electrons. The summed E-state index contributed by atoms with van der Waals surface area (Å²) in [6, 6.07) is 16.1. The largest absolute Gasteiger partial charge is 0.458 e. The molecule has 0 aliphatic heterocycles. The number of aryl methyl sites for hydroxylation is 1. The zero-order valence-electron chi connectivity index (χ0n) is 26.3. The quantitative estimate of drug-likeness (QED) is 0.136. The number of benzene rings is 5. The first-order valence-corrected chi connectivity index (χ1v) is 14.6. The third kappa shape index (κ3) is 8.04. The molecule has 0 aromatic heterocycles. The average Bonchev–Trinajstić information content (AvgIpc) is 2.98. The molecule has 5 aromatic carbocycles. The monoisotopic (exact) mass is 680 g/mol. The molecule has 0 unspecified atom stereocenters. The van der Waals surface area contributed by atoms with Crippen LogP contribution in [0.3, 0.4) is 0 Å². The van der Waals surface area contributed by atoms with E-state index in [1.165, 1.54) is 42.3 Å². The zero-order valence-corrected chi connectivity index (χ0v) is 26.3. The van der Waals surface area contributed by atoms with Gasteiger partial charge in [0.1, 0.15) is 29.0 Å². The molecule has 49 heavy (non-hydrogen) atoms. The van der Waals surface area contributed by atoms with Crippen molar-refractivity contribution in [1.82, 2.24) is 0 Å². The molecule has 5 rings (SSSR count). The van der Waals surface area contributed by atoms with Gasteiger partial charge < -0.3 is 4.74 Å². The topological polar surface area (TPSA) is 9.23 Å². The summed E-state index contributed by atoms with van der Waals surface area (Å²) < 4.78 is 130. The number of hydrogen-bond acceptors (Lipinski definition) is 1. The maximum absolute atomic E-state index is 15.3. The van der Waals surface area contributed by atoms with Crippen LogP contribution in [0.2, 0.25) is 0 Å². The highest BCUT2D eigenvalue weighted by Crippen LogP contribution is 2.36. The van der Waals surface area contributed by atoms with Crippen LogP contribution in [-0.2, 0) is 11.5 Å². The zero-order chi connectivity index (χ0) is 35.9. The minimum atomic E-state index is -5.02. The summed E-state index contributed by atoms with van der Waals surface area (Å²) in [5.41, 5.74) is 0.357. The molecule has 0 saturated carbocycles. The molecule has 0 fully saturated rings. The highest BCUT2D eigenvalue weighted by molar-refractivity contribution is 5.88. The lowest BCUT2D eigenvalue weighted by atomic mass is 9.82. The van der Waals surface area contributed by atoms with Gasteiger partial charge in [0, 0.05) is 29.2 Å². The van der Waals surface area contributed by atoms with Crippen LogP contribution >= 0.6 is 0 Å². The van der Waals surface area contributed by atoms with E-state index in [0.29, 0.717) is 40.0 Å². The van der Waals surface area contributed by atoms with E-state index in [0.717, 1.165) is 23.3 Å². The molecular formula is C39H25F9O. The fraction of sp³-hybridized carbons (Fsp3) is 0.179. The molecule has 0 aliphatic carbocycles. The molecule has 10 heteroatoms. The molecule has 0 saturated heterocycles. The minimum Gasteiger partial charge on any atom is -0.429 e. The number of alkyl halides is 5. The fourth-order valence-corrected chi connectivity index (χ4v) is 5.09. The summed E-state index contributed by atoms with van der Waals surface area (Å²) >= 11 is 0. The Hall–Kier alpha value is -5.35. The van der Waals surface area contributed by atoms with Crippen LogP contribution < -0.4 is 4.74 Å². The summed E-state index contributed by atoms with van der Waals surface area (Å²) in [6.07, 6.45) is -9.13. The van der Waals surface area contributed by atoms with Gasteiger partial charge in [-0.15, -0.1) is 0 Å². The van der Waals surface area contributed by atoms with Gasteiger partial charge in [0.05, 0.1) is 16.7 Å². The molecule has 0 heterocycles. The number of halogens is 9.